The lowest BCUT2D eigenvalue weighted by molar-refractivity contribution is 0.369. The number of nitrogens with one attached hydrogen (secondary N) is 1. The largest absolute Gasteiger partial charge is 0.496 e. The summed E-state index contributed by atoms with van der Waals surface area (Å²) in [7, 11) is 3.43. The molecule has 18 heavy (non-hydrogen) atoms. The summed E-state index contributed by atoms with van der Waals surface area (Å²) in [6.45, 7) is 4.32. The number of ether oxygens (including phenoxy) is 2. The van der Waals surface area contributed by atoms with Gasteiger partial charge in [-0.3, -0.25) is 0 Å². The van der Waals surface area contributed by atoms with Crippen molar-refractivity contribution in [2.45, 2.75) is 26.2 Å². The molecule has 3 heteroatoms. The first-order valence-electron chi connectivity index (χ1n) is 6.66. The van der Waals surface area contributed by atoms with E-state index in [1.54, 1.807) is 14.2 Å². The van der Waals surface area contributed by atoms with Crippen LogP contribution in [0.2, 0.25) is 0 Å². The Morgan fingerprint density at radius 3 is 2.39 bits per heavy atom. The monoisotopic (exact) mass is 249 g/mol. The number of piperidine rings is 1. The summed E-state index contributed by atoms with van der Waals surface area (Å²) < 4.78 is 10.8. The molecule has 0 aromatic heterocycles. The van der Waals surface area contributed by atoms with Crippen molar-refractivity contribution < 1.29 is 9.47 Å². The third kappa shape index (κ3) is 2.96. The smallest absolute Gasteiger partial charge is 0.125 e. The zero-order chi connectivity index (χ0) is 13.0. The number of rotatable bonds is 4. The van der Waals surface area contributed by atoms with Gasteiger partial charge in [0.1, 0.15) is 11.5 Å². The zero-order valence-corrected chi connectivity index (χ0v) is 11.6. The molecule has 1 aromatic rings. The molecular weight excluding hydrogens is 226 g/mol. The zero-order valence-electron chi connectivity index (χ0n) is 11.6. The molecule has 1 saturated heterocycles. The van der Waals surface area contributed by atoms with E-state index in [9.17, 15) is 0 Å². The molecule has 3 nitrogen and oxygen atoms in total. The van der Waals surface area contributed by atoms with Gasteiger partial charge >= 0.3 is 0 Å². The Morgan fingerprint density at radius 1 is 1.22 bits per heavy atom. The molecule has 0 saturated carbocycles. The van der Waals surface area contributed by atoms with Crippen molar-refractivity contribution in [3.63, 3.8) is 0 Å². The number of hydrogen-bond acceptors (Lipinski definition) is 3. The van der Waals surface area contributed by atoms with Crippen LogP contribution in [0.5, 0.6) is 11.5 Å². The topological polar surface area (TPSA) is 30.5 Å². The van der Waals surface area contributed by atoms with Gasteiger partial charge in [0.05, 0.1) is 14.2 Å². The lowest BCUT2D eigenvalue weighted by Gasteiger charge is -2.23. The van der Waals surface area contributed by atoms with Crippen molar-refractivity contribution in [3.05, 3.63) is 23.3 Å². The second-order valence-corrected chi connectivity index (χ2v) is 5.04. The van der Waals surface area contributed by atoms with Gasteiger partial charge in [-0.2, -0.15) is 0 Å². The maximum absolute atomic E-state index is 5.42. The number of methoxy groups -OCH3 is 2. The maximum Gasteiger partial charge on any atom is 0.125 e. The van der Waals surface area contributed by atoms with Gasteiger partial charge < -0.3 is 14.8 Å². The van der Waals surface area contributed by atoms with Crippen molar-refractivity contribution in [2.75, 3.05) is 27.3 Å². The molecule has 1 atom stereocenters. The van der Waals surface area contributed by atoms with Crippen LogP contribution in [0.15, 0.2) is 12.1 Å². The molecule has 2 rings (SSSR count). The van der Waals surface area contributed by atoms with Crippen molar-refractivity contribution in [2.24, 2.45) is 5.92 Å². The molecule has 1 fully saturated rings. The van der Waals surface area contributed by atoms with E-state index < -0.39 is 0 Å². The predicted octanol–water partition coefficient (Wildman–Crippen LogP) is 2.55. The molecule has 0 radical (unpaired) electrons. The first-order valence-corrected chi connectivity index (χ1v) is 6.66. The summed E-state index contributed by atoms with van der Waals surface area (Å²) in [6, 6.07) is 4.29. The Morgan fingerprint density at radius 2 is 1.89 bits per heavy atom. The molecule has 0 amide bonds. The minimum absolute atomic E-state index is 0.732. The summed E-state index contributed by atoms with van der Waals surface area (Å²) in [4.78, 5) is 0. The normalized spacial score (nSPS) is 19.6. The maximum atomic E-state index is 5.42. The summed E-state index contributed by atoms with van der Waals surface area (Å²) in [5.41, 5.74) is 2.38. The van der Waals surface area contributed by atoms with Crippen LogP contribution in [0.4, 0.5) is 0 Å². The molecule has 1 aliphatic heterocycles. The Kier molecular flexibility index (Phi) is 4.48. The molecule has 0 bridgehead atoms. The van der Waals surface area contributed by atoms with Gasteiger partial charge in [-0.05, 0) is 62.9 Å². The highest BCUT2D eigenvalue weighted by molar-refractivity contribution is 5.47. The molecular formula is C15H23NO2. The van der Waals surface area contributed by atoms with Gasteiger partial charge in [0.15, 0.2) is 0 Å². The van der Waals surface area contributed by atoms with Gasteiger partial charge in [0.25, 0.3) is 0 Å². The van der Waals surface area contributed by atoms with E-state index in [2.05, 4.69) is 17.4 Å². The van der Waals surface area contributed by atoms with E-state index in [-0.39, 0.29) is 0 Å². The first-order chi connectivity index (χ1) is 8.74. The van der Waals surface area contributed by atoms with E-state index in [1.165, 1.54) is 18.4 Å². The van der Waals surface area contributed by atoms with Gasteiger partial charge in [-0.15, -0.1) is 0 Å². The van der Waals surface area contributed by atoms with E-state index in [4.69, 9.17) is 9.47 Å². The molecule has 0 aliphatic carbocycles. The summed E-state index contributed by atoms with van der Waals surface area (Å²) >= 11 is 0. The third-order valence-corrected chi connectivity index (χ3v) is 3.74. The van der Waals surface area contributed by atoms with Crippen LogP contribution >= 0.6 is 0 Å². The van der Waals surface area contributed by atoms with Crippen molar-refractivity contribution in [3.8, 4) is 11.5 Å². The molecule has 1 aliphatic rings. The second kappa shape index (κ2) is 6.10. The predicted molar refractivity (Wildman–Crippen MR) is 73.6 cm³/mol. The Hall–Kier alpha value is -1.22. The lowest BCUT2D eigenvalue weighted by Crippen LogP contribution is -2.30. The van der Waals surface area contributed by atoms with E-state index in [0.29, 0.717) is 0 Å². The average molecular weight is 249 g/mol. The van der Waals surface area contributed by atoms with Crippen LogP contribution in [-0.4, -0.2) is 27.3 Å². The highest BCUT2D eigenvalue weighted by atomic mass is 16.5. The highest BCUT2D eigenvalue weighted by Crippen LogP contribution is 2.31. The SMILES string of the molecule is COc1cc(CC2CCCNC2)cc(OC)c1C. The first kappa shape index (κ1) is 13.2. The molecule has 0 spiro atoms. The molecule has 100 valence electrons. The Balaban J connectivity index is 2.16. The highest BCUT2D eigenvalue weighted by Gasteiger charge is 2.15. The van der Waals surface area contributed by atoms with Crippen molar-refractivity contribution >= 4 is 0 Å². The minimum Gasteiger partial charge on any atom is -0.496 e. The summed E-state index contributed by atoms with van der Waals surface area (Å²) in [5, 5.41) is 3.46. The molecule has 1 aromatic carbocycles. The van der Waals surface area contributed by atoms with Gasteiger partial charge in [-0.1, -0.05) is 0 Å². The minimum atomic E-state index is 0.732. The fourth-order valence-electron chi connectivity index (χ4n) is 2.69. The van der Waals surface area contributed by atoms with Crippen LogP contribution in [-0.2, 0) is 6.42 Å². The third-order valence-electron chi connectivity index (χ3n) is 3.74. The van der Waals surface area contributed by atoms with Gasteiger partial charge in [-0.25, -0.2) is 0 Å². The average Bonchev–Trinajstić information content (AvgIpc) is 2.41. The van der Waals surface area contributed by atoms with E-state index in [0.717, 1.165) is 42.5 Å². The van der Waals surface area contributed by atoms with E-state index >= 15 is 0 Å². The van der Waals surface area contributed by atoms with Crippen molar-refractivity contribution in [1.82, 2.24) is 5.32 Å². The standard InChI is InChI=1S/C15H23NO2/c1-11-14(17-2)8-13(9-15(11)18-3)7-12-5-4-6-16-10-12/h8-9,12,16H,4-7,10H2,1-3H3. The molecule has 1 unspecified atom stereocenters. The number of benzene rings is 1. The summed E-state index contributed by atoms with van der Waals surface area (Å²) in [6.07, 6.45) is 3.69. The number of hydrogen-bond donors (Lipinski definition) is 1. The van der Waals surface area contributed by atoms with Crippen LogP contribution < -0.4 is 14.8 Å². The molecule has 1 N–H and O–H groups in total. The van der Waals surface area contributed by atoms with Crippen LogP contribution in [0, 0.1) is 12.8 Å². The fourth-order valence-corrected chi connectivity index (χ4v) is 2.69. The fraction of sp³-hybridized carbons (Fsp3) is 0.600. The van der Waals surface area contributed by atoms with E-state index in [1.807, 2.05) is 6.92 Å². The quantitative estimate of drug-likeness (QED) is 0.889. The van der Waals surface area contributed by atoms with Gasteiger partial charge in [0.2, 0.25) is 0 Å². The summed E-state index contributed by atoms with van der Waals surface area (Å²) in [5.74, 6) is 2.58. The second-order valence-electron chi connectivity index (χ2n) is 5.04. The Bertz CT molecular complexity index is 372. The van der Waals surface area contributed by atoms with Crippen LogP contribution in [0.3, 0.4) is 0 Å². The lowest BCUT2D eigenvalue weighted by atomic mass is 9.91. The Labute approximate surface area is 109 Å². The van der Waals surface area contributed by atoms with Gasteiger partial charge in [0, 0.05) is 5.56 Å². The van der Waals surface area contributed by atoms with Crippen LogP contribution in [0.25, 0.3) is 0 Å². The molecule has 1 heterocycles. The van der Waals surface area contributed by atoms with Crippen molar-refractivity contribution in [1.29, 1.82) is 0 Å². The van der Waals surface area contributed by atoms with Crippen LogP contribution in [0.1, 0.15) is 24.0 Å².